The van der Waals surface area contributed by atoms with Crippen molar-refractivity contribution in [3.8, 4) is 0 Å². The van der Waals surface area contributed by atoms with Gasteiger partial charge in [-0.2, -0.15) is 9.61 Å². The smallest absolute Gasteiger partial charge is 0.234 e. The van der Waals surface area contributed by atoms with Crippen LogP contribution in [0.3, 0.4) is 0 Å². The van der Waals surface area contributed by atoms with Gasteiger partial charge in [-0.15, -0.1) is 10.2 Å². The van der Waals surface area contributed by atoms with Gasteiger partial charge < -0.3 is 5.32 Å². The lowest BCUT2D eigenvalue weighted by Crippen LogP contribution is -2.16. The topological polar surface area (TPSA) is 55.1 Å². The molecule has 0 aromatic carbocycles. The van der Waals surface area contributed by atoms with E-state index in [9.17, 15) is 0 Å². The summed E-state index contributed by atoms with van der Waals surface area (Å²) in [5, 5.41) is 17.9. The number of rotatable bonds is 5. The Labute approximate surface area is 116 Å². The normalized spacial score (nSPS) is 20.6. The summed E-state index contributed by atoms with van der Waals surface area (Å²) in [4.78, 5) is 0.949. The van der Waals surface area contributed by atoms with Crippen LogP contribution in [0, 0.1) is 5.92 Å². The monoisotopic (exact) mass is 277 g/mol. The number of aromatic nitrogens is 4. The average molecular weight is 277 g/mol. The van der Waals surface area contributed by atoms with E-state index >= 15 is 0 Å². The molecule has 19 heavy (non-hydrogen) atoms. The minimum absolute atomic E-state index is 0.573. The summed E-state index contributed by atoms with van der Waals surface area (Å²) in [6, 6.07) is 0. The molecular weight excluding hydrogens is 258 g/mol. The summed E-state index contributed by atoms with van der Waals surface area (Å²) in [5.74, 6) is 2.57. The van der Waals surface area contributed by atoms with Gasteiger partial charge in [0.15, 0.2) is 5.82 Å². The first-order chi connectivity index (χ1) is 9.40. The average Bonchev–Trinajstić information content (AvgIpc) is 2.80. The van der Waals surface area contributed by atoms with E-state index in [0.29, 0.717) is 5.92 Å². The fraction of sp³-hybridized carbons (Fsp3) is 0.769. The van der Waals surface area contributed by atoms with Gasteiger partial charge in [-0.05, 0) is 38.1 Å². The maximum absolute atomic E-state index is 4.68. The van der Waals surface area contributed by atoms with E-state index in [2.05, 4.69) is 20.6 Å². The van der Waals surface area contributed by atoms with E-state index in [-0.39, 0.29) is 0 Å². The molecule has 2 aromatic rings. The van der Waals surface area contributed by atoms with Crippen LogP contribution in [0.25, 0.3) is 4.96 Å². The summed E-state index contributed by atoms with van der Waals surface area (Å²) >= 11 is 1.66. The molecule has 2 heterocycles. The number of nitrogens with one attached hydrogen (secondary N) is 1. The van der Waals surface area contributed by atoms with Gasteiger partial charge in [-0.1, -0.05) is 24.2 Å². The molecule has 0 radical (unpaired) electrons. The zero-order chi connectivity index (χ0) is 12.7. The second-order valence-electron chi connectivity index (χ2n) is 5.80. The molecule has 6 heteroatoms. The molecule has 1 N–H and O–H groups in total. The highest BCUT2D eigenvalue weighted by Gasteiger charge is 2.24. The Balaban J connectivity index is 1.50. The van der Waals surface area contributed by atoms with Crippen molar-refractivity contribution < 1.29 is 0 Å². The largest absolute Gasteiger partial charge is 0.310 e. The van der Waals surface area contributed by atoms with Gasteiger partial charge in [0.2, 0.25) is 4.96 Å². The Hall–Kier alpha value is -1.01. The third-order valence-electron chi connectivity index (χ3n) is 4.18. The van der Waals surface area contributed by atoms with E-state index in [1.807, 2.05) is 4.52 Å². The van der Waals surface area contributed by atoms with Crippen LogP contribution >= 0.6 is 11.3 Å². The highest BCUT2D eigenvalue weighted by molar-refractivity contribution is 7.16. The molecule has 0 saturated heterocycles. The van der Waals surface area contributed by atoms with Crippen LogP contribution in [0.2, 0.25) is 0 Å². The Morgan fingerprint density at radius 3 is 2.79 bits per heavy atom. The SMILES string of the molecule is C1CCC(c2nnc3sc(CNCC4CC4)nn23)C1. The number of nitrogens with zero attached hydrogens (tertiary/aromatic N) is 4. The van der Waals surface area contributed by atoms with Crippen molar-refractivity contribution in [1.82, 2.24) is 25.1 Å². The maximum Gasteiger partial charge on any atom is 0.234 e. The predicted molar refractivity (Wildman–Crippen MR) is 74.3 cm³/mol. The first-order valence-corrected chi connectivity index (χ1v) is 8.13. The lowest BCUT2D eigenvalue weighted by molar-refractivity contribution is 0.615. The molecular formula is C13H19N5S. The van der Waals surface area contributed by atoms with Crippen molar-refractivity contribution in [2.75, 3.05) is 6.54 Å². The van der Waals surface area contributed by atoms with Gasteiger partial charge in [-0.25, -0.2) is 0 Å². The summed E-state index contributed by atoms with van der Waals surface area (Å²) in [6.07, 6.45) is 7.91. The van der Waals surface area contributed by atoms with Crippen LogP contribution in [-0.2, 0) is 6.54 Å². The third-order valence-corrected chi connectivity index (χ3v) is 5.08. The lowest BCUT2D eigenvalue weighted by Gasteiger charge is -2.03. The third kappa shape index (κ3) is 2.39. The molecule has 0 spiro atoms. The lowest BCUT2D eigenvalue weighted by atomic mass is 10.1. The van der Waals surface area contributed by atoms with E-state index in [4.69, 9.17) is 0 Å². The van der Waals surface area contributed by atoms with Gasteiger partial charge in [0, 0.05) is 12.5 Å². The molecule has 2 aliphatic carbocycles. The van der Waals surface area contributed by atoms with E-state index < -0.39 is 0 Å². The van der Waals surface area contributed by atoms with Crippen molar-refractivity contribution in [3.63, 3.8) is 0 Å². The molecule has 0 atom stereocenters. The summed E-state index contributed by atoms with van der Waals surface area (Å²) in [5.41, 5.74) is 0. The molecule has 102 valence electrons. The zero-order valence-electron chi connectivity index (χ0n) is 11.0. The van der Waals surface area contributed by atoms with E-state index in [0.717, 1.165) is 34.8 Å². The zero-order valence-corrected chi connectivity index (χ0v) is 11.8. The summed E-state index contributed by atoms with van der Waals surface area (Å²) < 4.78 is 1.98. The molecule has 0 aliphatic heterocycles. The number of hydrogen-bond donors (Lipinski definition) is 1. The highest BCUT2D eigenvalue weighted by atomic mass is 32.1. The van der Waals surface area contributed by atoms with Crippen LogP contribution in [0.1, 0.15) is 55.3 Å². The van der Waals surface area contributed by atoms with Crippen LogP contribution < -0.4 is 5.32 Å². The van der Waals surface area contributed by atoms with Gasteiger partial charge in [0.1, 0.15) is 5.01 Å². The van der Waals surface area contributed by atoms with Crippen molar-refractivity contribution in [3.05, 3.63) is 10.8 Å². The maximum atomic E-state index is 4.68. The van der Waals surface area contributed by atoms with Gasteiger partial charge >= 0.3 is 0 Å². The minimum atomic E-state index is 0.573. The first kappa shape index (κ1) is 11.8. The minimum Gasteiger partial charge on any atom is -0.310 e. The van der Waals surface area contributed by atoms with E-state index in [1.54, 1.807) is 11.3 Å². The van der Waals surface area contributed by atoms with Crippen LogP contribution in [0.4, 0.5) is 0 Å². The molecule has 5 nitrogen and oxygen atoms in total. The van der Waals surface area contributed by atoms with Crippen LogP contribution in [0.15, 0.2) is 0 Å². The second kappa shape index (κ2) is 4.83. The summed E-state index contributed by atoms with van der Waals surface area (Å²) in [7, 11) is 0. The van der Waals surface area contributed by atoms with Crippen molar-refractivity contribution in [1.29, 1.82) is 0 Å². The van der Waals surface area contributed by atoms with Crippen LogP contribution in [-0.4, -0.2) is 26.4 Å². The van der Waals surface area contributed by atoms with Gasteiger partial charge in [-0.3, -0.25) is 0 Å². The molecule has 2 aromatic heterocycles. The summed E-state index contributed by atoms with van der Waals surface area (Å²) in [6.45, 7) is 2.00. The Morgan fingerprint density at radius 2 is 2.00 bits per heavy atom. The number of fused-ring (bicyclic) bond motifs is 1. The second-order valence-corrected chi connectivity index (χ2v) is 6.84. The van der Waals surface area contributed by atoms with Gasteiger partial charge in [0.25, 0.3) is 0 Å². The molecule has 0 unspecified atom stereocenters. The molecule has 4 rings (SSSR count). The molecule has 2 fully saturated rings. The van der Waals surface area contributed by atoms with Crippen molar-refractivity contribution >= 4 is 16.3 Å². The van der Waals surface area contributed by atoms with Gasteiger partial charge in [0.05, 0.1) is 0 Å². The van der Waals surface area contributed by atoms with Crippen molar-refractivity contribution in [2.24, 2.45) is 5.92 Å². The Kier molecular flexibility index (Phi) is 3.00. The fourth-order valence-electron chi connectivity index (χ4n) is 2.89. The van der Waals surface area contributed by atoms with E-state index in [1.165, 1.54) is 38.5 Å². The predicted octanol–water partition coefficient (Wildman–Crippen LogP) is 2.34. The number of hydrogen-bond acceptors (Lipinski definition) is 5. The highest BCUT2D eigenvalue weighted by Crippen LogP contribution is 2.33. The molecule has 2 saturated carbocycles. The molecule has 2 aliphatic rings. The van der Waals surface area contributed by atoms with Crippen molar-refractivity contribution in [2.45, 2.75) is 51.0 Å². The fourth-order valence-corrected chi connectivity index (χ4v) is 3.70. The Morgan fingerprint density at radius 1 is 1.16 bits per heavy atom. The van der Waals surface area contributed by atoms with Crippen LogP contribution in [0.5, 0.6) is 0 Å². The Bertz CT molecular complexity index is 565. The standard InChI is InChI=1S/C13H19N5S/c1-2-4-10(3-1)12-15-16-13-18(12)17-11(19-13)8-14-7-9-5-6-9/h9-10,14H,1-8H2. The first-order valence-electron chi connectivity index (χ1n) is 7.32. The quantitative estimate of drug-likeness (QED) is 0.911. The molecule has 0 amide bonds. The molecule has 0 bridgehead atoms.